The van der Waals surface area contributed by atoms with Crippen LogP contribution >= 0.6 is 28.0 Å². The standard InChI is InChI=1S/C11H19BBr2GeO2/c1-8-6-9(15(13,14)7-8)12-16-10(2,3)11(4,5)17-12/h6,9H,7H2,1-5H3. The van der Waals surface area contributed by atoms with Gasteiger partial charge in [-0.15, -0.1) is 0 Å². The van der Waals surface area contributed by atoms with Crippen LogP contribution in [0.25, 0.3) is 0 Å². The third-order valence-corrected chi connectivity index (χ3v) is 17.6. The second kappa shape index (κ2) is 4.37. The summed E-state index contributed by atoms with van der Waals surface area (Å²) in [5.74, 6) is 0. The number of allylic oxidation sites excluding steroid dienone is 2. The SMILES string of the molecule is CC1=C[CH](B2OC(C)(C)C(C)(C)O2)[Ge]([Br])([Br])[CH2]1. The van der Waals surface area contributed by atoms with E-state index in [-0.39, 0.29) is 18.3 Å². The fraction of sp³-hybridized carbons (Fsp3) is 0.818. The van der Waals surface area contributed by atoms with Crippen LogP contribution in [0.5, 0.6) is 0 Å². The van der Waals surface area contributed by atoms with Gasteiger partial charge in [0.2, 0.25) is 0 Å². The first kappa shape index (κ1) is 14.6. The zero-order valence-corrected chi connectivity index (χ0v) is 16.3. The molecule has 96 valence electrons. The monoisotopic (exact) mass is 426 g/mol. The molecule has 0 radical (unpaired) electrons. The first-order chi connectivity index (χ1) is 7.55. The van der Waals surface area contributed by atoms with Gasteiger partial charge in [0.25, 0.3) is 0 Å². The Balaban J connectivity index is 2.22. The molecule has 0 aromatic rings. The van der Waals surface area contributed by atoms with Crippen LogP contribution in [0.15, 0.2) is 11.6 Å². The predicted octanol–water partition coefficient (Wildman–Crippen LogP) is 4.18. The topological polar surface area (TPSA) is 18.5 Å². The summed E-state index contributed by atoms with van der Waals surface area (Å²) in [6.45, 7) is 10.6. The summed E-state index contributed by atoms with van der Waals surface area (Å²) in [4.78, 5) is 0. The molecule has 0 saturated carbocycles. The zero-order chi connectivity index (χ0) is 13.1. The summed E-state index contributed by atoms with van der Waals surface area (Å²) in [6.07, 6.45) is 2.33. The normalized spacial score (nSPS) is 33.9. The molecule has 0 aromatic carbocycles. The van der Waals surface area contributed by atoms with Gasteiger partial charge in [-0.05, 0) is 0 Å². The second-order valence-corrected chi connectivity index (χ2v) is 31.7. The molecule has 0 aromatic heterocycles. The quantitative estimate of drug-likeness (QED) is 0.463. The van der Waals surface area contributed by atoms with Crippen LogP contribution in [0.2, 0.25) is 9.90 Å². The first-order valence-corrected chi connectivity index (χ1v) is 18.5. The van der Waals surface area contributed by atoms with E-state index in [4.69, 9.17) is 9.31 Å². The van der Waals surface area contributed by atoms with Gasteiger partial charge in [0.15, 0.2) is 0 Å². The molecule has 2 heterocycles. The molecule has 2 nitrogen and oxygen atoms in total. The van der Waals surface area contributed by atoms with Crippen LogP contribution in [0.1, 0.15) is 34.6 Å². The molecule has 2 aliphatic rings. The van der Waals surface area contributed by atoms with E-state index < -0.39 is 9.58 Å². The number of rotatable bonds is 1. The summed E-state index contributed by atoms with van der Waals surface area (Å²) < 4.78 is 12.7. The maximum atomic E-state index is 6.15. The molecule has 1 unspecified atom stereocenters. The zero-order valence-electron chi connectivity index (χ0n) is 11.0. The molecule has 0 spiro atoms. The Bertz CT molecular complexity index is 352. The van der Waals surface area contributed by atoms with Gasteiger partial charge in [-0.3, -0.25) is 0 Å². The Labute approximate surface area is 121 Å². The fourth-order valence-corrected chi connectivity index (χ4v) is 15.0. The van der Waals surface area contributed by atoms with Gasteiger partial charge < -0.3 is 0 Å². The molecule has 1 fully saturated rings. The van der Waals surface area contributed by atoms with Crippen molar-refractivity contribution in [3.8, 4) is 0 Å². The molecule has 2 aliphatic heterocycles. The van der Waals surface area contributed by atoms with Crippen LogP contribution < -0.4 is 0 Å². The van der Waals surface area contributed by atoms with Crippen molar-refractivity contribution in [2.24, 2.45) is 0 Å². The van der Waals surface area contributed by atoms with Crippen molar-refractivity contribution in [2.45, 2.75) is 55.7 Å². The summed E-state index contributed by atoms with van der Waals surface area (Å²) in [5, 5.41) is 1.16. The van der Waals surface area contributed by atoms with Crippen molar-refractivity contribution in [3.63, 3.8) is 0 Å². The molecule has 0 aliphatic carbocycles. The molecule has 17 heavy (non-hydrogen) atoms. The molecular formula is C11H19BBr2GeO2. The van der Waals surface area contributed by atoms with Gasteiger partial charge in [0, 0.05) is 0 Å². The van der Waals surface area contributed by atoms with Gasteiger partial charge in [0.1, 0.15) is 0 Å². The summed E-state index contributed by atoms with van der Waals surface area (Å²) in [6, 6.07) is 0. The molecule has 0 amide bonds. The van der Waals surface area contributed by atoms with E-state index >= 15 is 0 Å². The first-order valence-electron chi connectivity index (χ1n) is 5.96. The van der Waals surface area contributed by atoms with Crippen molar-refractivity contribution in [3.05, 3.63) is 11.6 Å². The average molecular weight is 427 g/mol. The van der Waals surface area contributed by atoms with Crippen molar-refractivity contribution in [1.29, 1.82) is 0 Å². The summed E-state index contributed by atoms with van der Waals surface area (Å²) in [7, 11) is -2.28. The predicted molar refractivity (Wildman–Crippen MR) is 82.0 cm³/mol. The average Bonchev–Trinajstić information content (AvgIpc) is 2.46. The van der Waals surface area contributed by atoms with Gasteiger partial charge in [0.05, 0.1) is 0 Å². The van der Waals surface area contributed by atoms with E-state index in [2.05, 4.69) is 68.7 Å². The van der Waals surface area contributed by atoms with Crippen molar-refractivity contribution < 1.29 is 9.31 Å². The van der Waals surface area contributed by atoms with Gasteiger partial charge in [-0.2, -0.15) is 0 Å². The van der Waals surface area contributed by atoms with Crippen LogP contribution in [-0.4, -0.2) is 27.9 Å². The molecule has 0 bridgehead atoms. The second-order valence-electron chi connectivity index (χ2n) is 6.10. The Morgan fingerprint density at radius 3 is 2.06 bits per heavy atom. The van der Waals surface area contributed by atoms with E-state index in [1.165, 1.54) is 5.57 Å². The van der Waals surface area contributed by atoms with Crippen molar-refractivity contribution >= 4 is 44.7 Å². The fourth-order valence-electron chi connectivity index (χ4n) is 2.29. The van der Waals surface area contributed by atoms with Crippen LogP contribution in [0.4, 0.5) is 0 Å². The minimum absolute atomic E-state index is 0.115. The van der Waals surface area contributed by atoms with E-state index in [0.717, 1.165) is 5.25 Å². The number of hydrogen-bond donors (Lipinski definition) is 0. The molecule has 1 saturated heterocycles. The molecular weight excluding hydrogens is 407 g/mol. The van der Waals surface area contributed by atoms with Crippen molar-refractivity contribution in [1.82, 2.24) is 0 Å². The number of hydrogen-bond acceptors (Lipinski definition) is 2. The summed E-state index contributed by atoms with van der Waals surface area (Å²) >= 11 is 7.85. The van der Waals surface area contributed by atoms with E-state index in [0.29, 0.717) is 4.65 Å². The van der Waals surface area contributed by atoms with Gasteiger partial charge in [-0.25, -0.2) is 0 Å². The summed E-state index contributed by atoms with van der Waals surface area (Å²) in [5.41, 5.74) is 0.971. The molecule has 0 N–H and O–H groups in total. The van der Waals surface area contributed by atoms with E-state index in [1.807, 2.05) is 0 Å². The Kier molecular flexibility index (Phi) is 3.76. The number of halogens is 2. The van der Waals surface area contributed by atoms with Crippen LogP contribution in [0, 0.1) is 0 Å². The van der Waals surface area contributed by atoms with Crippen LogP contribution in [-0.2, 0) is 9.31 Å². The van der Waals surface area contributed by atoms with Crippen molar-refractivity contribution in [2.75, 3.05) is 0 Å². The van der Waals surface area contributed by atoms with Gasteiger partial charge >= 0.3 is 121 Å². The molecule has 2 rings (SSSR count). The molecule has 6 heteroatoms. The molecule has 1 atom stereocenters. The Morgan fingerprint density at radius 2 is 1.71 bits per heavy atom. The Morgan fingerprint density at radius 1 is 1.24 bits per heavy atom. The minimum atomic E-state index is -2.17. The van der Waals surface area contributed by atoms with Crippen LogP contribution in [0.3, 0.4) is 0 Å². The van der Waals surface area contributed by atoms with E-state index in [9.17, 15) is 0 Å². The third kappa shape index (κ3) is 2.60. The van der Waals surface area contributed by atoms with Gasteiger partial charge in [-0.1, -0.05) is 0 Å². The Hall–Kier alpha value is 1.23. The maximum absolute atomic E-state index is 6.15. The van der Waals surface area contributed by atoms with E-state index in [1.54, 1.807) is 0 Å². The third-order valence-electron chi connectivity index (χ3n) is 4.03.